The van der Waals surface area contributed by atoms with Gasteiger partial charge < -0.3 is 4.90 Å². The maximum absolute atomic E-state index is 5.72. The summed E-state index contributed by atoms with van der Waals surface area (Å²) in [6, 6.07) is 0. The van der Waals surface area contributed by atoms with Crippen molar-refractivity contribution >= 4 is 17.5 Å². The third kappa shape index (κ3) is 1.82. The minimum atomic E-state index is 0.698. The fourth-order valence-electron chi connectivity index (χ4n) is 1.90. The fourth-order valence-corrected chi connectivity index (χ4v) is 2.21. The van der Waals surface area contributed by atoms with Crippen molar-refractivity contribution in [1.29, 1.82) is 0 Å². The molecule has 78 valence electrons. The van der Waals surface area contributed by atoms with Crippen molar-refractivity contribution in [2.24, 2.45) is 13.0 Å². The quantitative estimate of drug-likeness (QED) is 0.696. The minimum Gasteiger partial charge on any atom is -0.339 e. The molecular weight excluding hydrogens is 202 g/mol. The summed E-state index contributed by atoms with van der Waals surface area (Å²) >= 11 is 5.72. The monoisotopic (exact) mass is 215 g/mol. The summed E-state index contributed by atoms with van der Waals surface area (Å²) in [6.07, 6.45) is 2.28. The van der Waals surface area contributed by atoms with Crippen molar-refractivity contribution in [3.8, 4) is 0 Å². The predicted octanol–water partition coefficient (Wildman–Crippen LogP) is 0.665. The molecule has 1 saturated heterocycles. The van der Waals surface area contributed by atoms with Crippen LogP contribution < -0.4 is 4.90 Å². The first-order chi connectivity index (χ1) is 6.81. The van der Waals surface area contributed by atoms with Gasteiger partial charge in [0.2, 0.25) is 5.95 Å². The van der Waals surface area contributed by atoms with Crippen LogP contribution in [0.5, 0.6) is 0 Å². The molecule has 0 saturated carbocycles. The number of aromatic nitrogens is 4. The van der Waals surface area contributed by atoms with E-state index >= 15 is 0 Å². The molecule has 5 nitrogen and oxygen atoms in total. The average molecular weight is 216 g/mol. The maximum atomic E-state index is 5.72. The Balaban J connectivity index is 1.99. The van der Waals surface area contributed by atoms with Gasteiger partial charge in [0.15, 0.2) is 0 Å². The van der Waals surface area contributed by atoms with Gasteiger partial charge in [-0.3, -0.25) is 0 Å². The molecular formula is C8H14ClN5. The SMILES string of the molecule is Cn1nnnc1N1CCC(CCCl)C1. The minimum absolute atomic E-state index is 0.698. The molecule has 1 atom stereocenters. The third-order valence-corrected chi connectivity index (χ3v) is 2.90. The molecule has 0 radical (unpaired) electrons. The Bertz CT molecular complexity index is 300. The van der Waals surface area contributed by atoms with Gasteiger partial charge >= 0.3 is 0 Å². The lowest BCUT2D eigenvalue weighted by Gasteiger charge is -2.15. The standard InChI is InChI=1S/C8H14ClN5/c1-13-8(10-11-12-13)14-5-3-7(6-14)2-4-9/h7H,2-6H2,1H3. The van der Waals surface area contributed by atoms with Gasteiger partial charge in [-0.15, -0.1) is 11.6 Å². The Labute approximate surface area is 88.0 Å². The second kappa shape index (κ2) is 4.13. The zero-order chi connectivity index (χ0) is 9.97. The van der Waals surface area contributed by atoms with Gasteiger partial charge in [-0.25, -0.2) is 4.68 Å². The zero-order valence-corrected chi connectivity index (χ0v) is 8.98. The molecule has 0 N–H and O–H groups in total. The Morgan fingerprint density at radius 1 is 1.57 bits per heavy atom. The number of alkyl halides is 1. The molecule has 0 amide bonds. The number of anilines is 1. The van der Waals surface area contributed by atoms with Crippen LogP contribution in [0.3, 0.4) is 0 Å². The summed E-state index contributed by atoms with van der Waals surface area (Å²) in [6.45, 7) is 2.07. The molecule has 0 aliphatic carbocycles. The summed E-state index contributed by atoms with van der Waals surface area (Å²) in [5.41, 5.74) is 0. The molecule has 6 heteroatoms. The summed E-state index contributed by atoms with van der Waals surface area (Å²) in [7, 11) is 1.87. The van der Waals surface area contributed by atoms with E-state index in [1.165, 1.54) is 6.42 Å². The van der Waals surface area contributed by atoms with Crippen molar-refractivity contribution in [3.05, 3.63) is 0 Å². The zero-order valence-electron chi connectivity index (χ0n) is 8.23. The number of hydrogen-bond donors (Lipinski definition) is 0. The van der Waals surface area contributed by atoms with Gasteiger partial charge in [0.25, 0.3) is 0 Å². The van der Waals surface area contributed by atoms with E-state index in [9.17, 15) is 0 Å². The first-order valence-corrected chi connectivity index (χ1v) is 5.38. The molecule has 0 spiro atoms. The molecule has 1 aliphatic rings. The number of halogens is 1. The van der Waals surface area contributed by atoms with Crippen molar-refractivity contribution in [2.45, 2.75) is 12.8 Å². The van der Waals surface area contributed by atoms with Crippen LogP contribution >= 0.6 is 11.6 Å². The lowest BCUT2D eigenvalue weighted by atomic mass is 10.1. The molecule has 14 heavy (non-hydrogen) atoms. The Kier molecular flexibility index (Phi) is 2.86. The highest BCUT2D eigenvalue weighted by molar-refractivity contribution is 6.17. The van der Waals surface area contributed by atoms with Crippen LogP contribution in [0.4, 0.5) is 5.95 Å². The normalized spacial score (nSPS) is 21.9. The predicted molar refractivity (Wildman–Crippen MR) is 54.5 cm³/mol. The van der Waals surface area contributed by atoms with Crippen LogP contribution in [-0.2, 0) is 7.05 Å². The van der Waals surface area contributed by atoms with Gasteiger partial charge in [-0.05, 0) is 29.2 Å². The molecule has 0 bridgehead atoms. The van der Waals surface area contributed by atoms with Crippen molar-refractivity contribution in [3.63, 3.8) is 0 Å². The van der Waals surface area contributed by atoms with E-state index in [1.54, 1.807) is 4.68 Å². The van der Waals surface area contributed by atoms with Crippen molar-refractivity contribution < 1.29 is 0 Å². The molecule has 1 fully saturated rings. The molecule has 1 aliphatic heterocycles. The number of nitrogens with zero attached hydrogens (tertiary/aromatic N) is 5. The second-order valence-corrected chi connectivity index (χ2v) is 4.06. The fraction of sp³-hybridized carbons (Fsp3) is 0.875. The van der Waals surface area contributed by atoms with E-state index in [4.69, 9.17) is 11.6 Å². The highest BCUT2D eigenvalue weighted by atomic mass is 35.5. The summed E-state index contributed by atoms with van der Waals surface area (Å²) in [4.78, 5) is 2.22. The number of hydrogen-bond acceptors (Lipinski definition) is 4. The molecule has 2 heterocycles. The number of aryl methyl sites for hydroxylation is 1. The van der Waals surface area contributed by atoms with Gasteiger partial charge in [0.1, 0.15) is 0 Å². The van der Waals surface area contributed by atoms with Crippen LogP contribution in [0.25, 0.3) is 0 Å². The van der Waals surface area contributed by atoms with E-state index in [-0.39, 0.29) is 0 Å². The first-order valence-electron chi connectivity index (χ1n) is 4.84. The van der Waals surface area contributed by atoms with E-state index in [2.05, 4.69) is 20.4 Å². The van der Waals surface area contributed by atoms with Gasteiger partial charge in [0.05, 0.1) is 0 Å². The molecule has 2 rings (SSSR count). The van der Waals surface area contributed by atoms with Gasteiger partial charge in [-0.1, -0.05) is 5.10 Å². The van der Waals surface area contributed by atoms with Crippen LogP contribution in [0.15, 0.2) is 0 Å². The first kappa shape index (κ1) is 9.71. The number of rotatable bonds is 3. The smallest absolute Gasteiger partial charge is 0.245 e. The molecule has 1 aromatic rings. The topological polar surface area (TPSA) is 46.8 Å². The van der Waals surface area contributed by atoms with Gasteiger partial charge in [0, 0.05) is 26.0 Å². The molecule has 1 unspecified atom stereocenters. The van der Waals surface area contributed by atoms with Crippen LogP contribution in [-0.4, -0.2) is 39.2 Å². The maximum Gasteiger partial charge on any atom is 0.245 e. The number of tetrazole rings is 1. The van der Waals surface area contributed by atoms with Crippen LogP contribution in [0, 0.1) is 5.92 Å². The molecule has 0 aromatic carbocycles. The van der Waals surface area contributed by atoms with Crippen molar-refractivity contribution in [2.75, 3.05) is 23.9 Å². The Morgan fingerprint density at radius 3 is 3.07 bits per heavy atom. The van der Waals surface area contributed by atoms with Crippen LogP contribution in [0.1, 0.15) is 12.8 Å². The van der Waals surface area contributed by atoms with Crippen molar-refractivity contribution in [1.82, 2.24) is 20.2 Å². The van der Waals surface area contributed by atoms with Gasteiger partial charge in [-0.2, -0.15) is 0 Å². The largest absolute Gasteiger partial charge is 0.339 e. The van der Waals surface area contributed by atoms with E-state index in [1.807, 2.05) is 7.05 Å². The highest BCUT2D eigenvalue weighted by Crippen LogP contribution is 2.23. The Hall–Kier alpha value is -0.840. The molecule has 1 aromatic heterocycles. The summed E-state index contributed by atoms with van der Waals surface area (Å²) in [5.74, 6) is 2.31. The average Bonchev–Trinajstić information content (AvgIpc) is 2.74. The van der Waals surface area contributed by atoms with E-state index < -0.39 is 0 Å². The summed E-state index contributed by atoms with van der Waals surface area (Å²) < 4.78 is 1.71. The Morgan fingerprint density at radius 2 is 2.43 bits per heavy atom. The van der Waals surface area contributed by atoms with E-state index in [0.29, 0.717) is 5.92 Å². The third-order valence-electron chi connectivity index (χ3n) is 2.68. The van der Waals surface area contributed by atoms with Crippen LogP contribution in [0.2, 0.25) is 0 Å². The second-order valence-electron chi connectivity index (χ2n) is 3.68. The lowest BCUT2D eigenvalue weighted by Crippen LogP contribution is -2.23. The summed E-state index contributed by atoms with van der Waals surface area (Å²) in [5, 5.41) is 11.4. The highest BCUT2D eigenvalue weighted by Gasteiger charge is 2.24. The lowest BCUT2D eigenvalue weighted by molar-refractivity contribution is 0.570. The van der Waals surface area contributed by atoms with E-state index in [0.717, 1.165) is 31.3 Å².